The van der Waals surface area contributed by atoms with Gasteiger partial charge in [0, 0.05) is 5.56 Å². The fourth-order valence-electron chi connectivity index (χ4n) is 1.03. The zero-order valence-corrected chi connectivity index (χ0v) is 5.99. The summed E-state index contributed by atoms with van der Waals surface area (Å²) in [6.45, 7) is 0. The van der Waals surface area contributed by atoms with Crippen molar-refractivity contribution < 1.29 is 0 Å². The molecule has 11 heavy (non-hydrogen) atoms. The van der Waals surface area contributed by atoms with E-state index in [1.807, 2.05) is 36.5 Å². The van der Waals surface area contributed by atoms with Gasteiger partial charge in [0.25, 0.3) is 6.34 Å². The minimum atomic E-state index is 1.06. The van der Waals surface area contributed by atoms with Crippen molar-refractivity contribution in [2.75, 3.05) is 0 Å². The quantitative estimate of drug-likeness (QED) is 0.624. The van der Waals surface area contributed by atoms with E-state index >= 15 is 0 Å². The molecular formula is C9H8N2+. The Labute approximate surface area is 65.3 Å². The van der Waals surface area contributed by atoms with E-state index in [-0.39, 0.29) is 0 Å². The number of aliphatic imine (C=N–C) groups is 1. The lowest BCUT2D eigenvalue weighted by Crippen LogP contribution is -2.04. The van der Waals surface area contributed by atoms with Gasteiger partial charge in [0.15, 0.2) is 11.9 Å². The highest BCUT2D eigenvalue weighted by atomic mass is 15.0. The summed E-state index contributed by atoms with van der Waals surface area (Å²) in [6.07, 6.45) is 3.50. The van der Waals surface area contributed by atoms with Crippen molar-refractivity contribution >= 4 is 12.0 Å². The van der Waals surface area contributed by atoms with Crippen LogP contribution in [0.3, 0.4) is 0 Å². The summed E-state index contributed by atoms with van der Waals surface area (Å²) in [5, 5.41) is 3.04. The third-order valence-electron chi connectivity index (χ3n) is 1.58. The Morgan fingerprint density at radius 3 is 2.55 bits per heavy atom. The van der Waals surface area contributed by atoms with E-state index in [1.54, 1.807) is 6.34 Å². The van der Waals surface area contributed by atoms with Gasteiger partial charge in [0.1, 0.15) is 0 Å². The molecule has 0 aromatic heterocycles. The lowest BCUT2D eigenvalue weighted by molar-refractivity contribution is 1.37. The molecule has 1 heterocycles. The van der Waals surface area contributed by atoms with E-state index in [0.717, 1.165) is 5.70 Å². The normalized spacial score (nSPS) is 14.4. The number of rotatable bonds is 1. The van der Waals surface area contributed by atoms with Crippen molar-refractivity contribution in [2.24, 2.45) is 0 Å². The molecule has 1 aromatic carbocycles. The summed E-state index contributed by atoms with van der Waals surface area (Å²) in [5.74, 6) is 0. The number of nitrogens with one attached hydrogen (secondary N) is 1. The third-order valence-corrected chi connectivity index (χ3v) is 1.58. The molecule has 0 spiro atoms. The van der Waals surface area contributed by atoms with Crippen molar-refractivity contribution in [3.63, 3.8) is 0 Å². The zero-order chi connectivity index (χ0) is 7.52. The second-order valence-electron chi connectivity index (χ2n) is 2.33. The van der Waals surface area contributed by atoms with Crippen LogP contribution >= 0.6 is 0 Å². The van der Waals surface area contributed by atoms with Gasteiger partial charge in [-0.15, -0.1) is 0 Å². The molecule has 0 amide bonds. The molecule has 1 aliphatic heterocycles. The first-order valence-electron chi connectivity index (χ1n) is 3.50. The van der Waals surface area contributed by atoms with Gasteiger partial charge in [0.05, 0.1) is 0 Å². The highest BCUT2D eigenvalue weighted by molar-refractivity contribution is 5.79. The predicted molar refractivity (Wildman–Crippen MR) is 45.8 cm³/mol. The Bertz CT molecular complexity index is 299. The van der Waals surface area contributed by atoms with Crippen LogP contribution < -0.4 is 10.3 Å². The molecule has 1 aliphatic rings. The molecule has 0 atom stereocenters. The highest BCUT2D eigenvalue weighted by Gasteiger charge is 2.09. The number of hydrogen-bond acceptors (Lipinski definition) is 2. The van der Waals surface area contributed by atoms with E-state index in [9.17, 15) is 0 Å². The molecule has 0 aliphatic carbocycles. The minimum absolute atomic E-state index is 1.06. The topological polar surface area (TPSA) is 26.1 Å². The average molecular weight is 144 g/mol. The second kappa shape index (κ2) is 2.58. The molecule has 0 bridgehead atoms. The van der Waals surface area contributed by atoms with E-state index in [4.69, 9.17) is 0 Å². The zero-order valence-electron chi connectivity index (χ0n) is 5.99. The standard InChI is InChI=1S/C9H8N2/c1-2-4-8(5-3-1)9-6-10-7-11-9/h1-7,11H/q+1. The molecule has 1 radical (unpaired) electrons. The number of nitrogens with zero attached hydrogens (tertiary/aromatic N) is 1. The largest absolute Gasteiger partial charge is 0.284 e. The fraction of sp³-hybridized carbons (Fsp3) is 0. The summed E-state index contributed by atoms with van der Waals surface area (Å²) in [5.41, 5.74) is 2.23. The summed E-state index contributed by atoms with van der Waals surface area (Å²) < 4.78 is 0. The van der Waals surface area contributed by atoms with Crippen LogP contribution in [0.4, 0.5) is 0 Å². The first-order valence-corrected chi connectivity index (χ1v) is 3.50. The molecule has 53 valence electrons. The monoisotopic (exact) mass is 144 g/mol. The number of hydrogen-bond donors (Lipinski definition) is 1. The van der Waals surface area contributed by atoms with E-state index < -0.39 is 0 Å². The van der Waals surface area contributed by atoms with Gasteiger partial charge in [-0.25, -0.2) is 5.32 Å². The Balaban J connectivity index is 2.31. The molecular weight excluding hydrogens is 136 g/mol. The first-order chi connectivity index (χ1) is 5.47. The van der Waals surface area contributed by atoms with Crippen molar-refractivity contribution in [1.29, 1.82) is 0 Å². The van der Waals surface area contributed by atoms with Gasteiger partial charge in [-0.3, -0.25) is 0 Å². The molecule has 0 fully saturated rings. The molecule has 0 saturated carbocycles. The fourth-order valence-corrected chi connectivity index (χ4v) is 1.03. The van der Waals surface area contributed by atoms with Crippen LogP contribution in [0, 0.1) is 0 Å². The van der Waals surface area contributed by atoms with Crippen LogP contribution in [0.5, 0.6) is 0 Å². The van der Waals surface area contributed by atoms with Crippen molar-refractivity contribution in [3.8, 4) is 0 Å². The Kier molecular flexibility index (Phi) is 1.44. The lowest BCUT2D eigenvalue weighted by atomic mass is 10.2. The molecule has 0 saturated heterocycles. The van der Waals surface area contributed by atoms with Crippen LogP contribution in [-0.2, 0) is 0 Å². The third kappa shape index (κ3) is 1.15. The highest BCUT2D eigenvalue weighted by Crippen LogP contribution is 2.09. The first kappa shape index (κ1) is 6.16. The molecule has 1 aromatic rings. The van der Waals surface area contributed by atoms with Gasteiger partial charge in [-0.2, -0.15) is 0 Å². The van der Waals surface area contributed by atoms with Crippen molar-refractivity contribution in [2.45, 2.75) is 0 Å². The van der Waals surface area contributed by atoms with Gasteiger partial charge < -0.3 is 0 Å². The Hall–Kier alpha value is -1.57. The average Bonchev–Trinajstić information content (AvgIpc) is 2.58. The van der Waals surface area contributed by atoms with Gasteiger partial charge in [-0.1, -0.05) is 35.3 Å². The summed E-state index contributed by atoms with van der Waals surface area (Å²) >= 11 is 0. The Morgan fingerprint density at radius 2 is 1.91 bits per heavy atom. The minimum Gasteiger partial charge on any atom is -0.240 e. The lowest BCUT2D eigenvalue weighted by Gasteiger charge is -1.93. The van der Waals surface area contributed by atoms with E-state index in [0.29, 0.717) is 0 Å². The summed E-state index contributed by atoms with van der Waals surface area (Å²) in [7, 11) is 0. The van der Waals surface area contributed by atoms with E-state index in [2.05, 4.69) is 10.3 Å². The second-order valence-corrected chi connectivity index (χ2v) is 2.33. The van der Waals surface area contributed by atoms with Crippen LogP contribution in [0.2, 0.25) is 0 Å². The van der Waals surface area contributed by atoms with Crippen molar-refractivity contribution in [1.82, 2.24) is 10.3 Å². The maximum absolute atomic E-state index is 3.94. The summed E-state index contributed by atoms with van der Waals surface area (Å²) in [6, 6.07) is 10.1. The smallest absolute Gasteiger partial charge is 0.240 e. The van der Waals surface area contributed by atoms with E-state index in [1.165, 1.54) is 5.56 Å². The SMILES string of the molecule is C1=[N+]C=C(c2ccccc2)N1. The van der Waals surface area contributed by atoms with Crippen LogP contribution in [-0.4, -0.2) is 6.34 Å². The van der Waals surface area contributed by atoms with Gasteiger partial charge >= 0.3 is 0 Å². The Morgan fingerprint density at radius 1 is 1.09 bits per heavy atom. The molecule has 2 nitrogen and oxygen atoms in total. The molecule has 2 rings (SSSR count). The van der Waals surface area contributed by atoms with Crippen molar-refractivity contribution in [3.05, 3.63) is 42.1 Å². The maximum Gasteiger partial charge on any atom is 0.284 e. The summed E-state index contributed by atoms with van der Waals surface area (Å²) in [4.78, 5) is 3.94. The van der Waals surface area contributed by atoms with Crippen LogP contribution in [0.25, 0.3) is 5.70 Å². The predicted octanol–water partition coefficient (Wildman–Crippen LogP) is 0.952. The van der Waals surface area contributed by atoms with Crippen LogP contribution in [0.15, 0.2) is 36.5 Å². The van der Waals surface area contributed by atoms with Gasteiger partial charge in [0.2, 0.25) is 0 Å². The molecule has 2 heteroatoms. The van der Waals surface area contributed by atoms with Gasteiger partial charge in [-0.05, 0) is 0 Å². The number of benzene rings is 1. The maximum atomic E-state index is 3.94. The van der Waals surface area contributed by atoms with Crippen LogP contribution in [0.1, 0.15) is 5.56 Å². The molecule has 1 N–H and O–H groups in total. The molecule has 0 unspecified atom stereocenters.